The average Bonchev–Trinajstić information content (AvgIpc) is 3.18. The molecular weight excluding hydrogens is 350 g/mol. The largest absolute Gasteiger partial charge is 0.491 e. The van der Waals surface area contributed by atoms with E-state index in [1.165, 1.54) is 0 Å². The van der Waals surface area contributed by atoms with Gasteiger partial charge in [0, 0.05) is 17.8 Å². The summed E-state index contributed by atoms with van der Waals surface area (Å²) in [6.45, 7) is -0.438. The van der Waals surface area contributed by atoms with Gasteiger partial charge in [-0.2, -0.15) is 0 Å². The predicted octanol–water partition coefficient (Wildman–Crippen LogP) is 1.77. The van der Waals surface area contributed by atoms with E-state index in [-0.39, 0.29) is 13.2 Å². The van der Waals surface area contributed by atoms with Crippen molar-refractivity contribution in [2.75, 3.05) is 13.2 Å². The molecule has 8 nitrogen and oxygen atoms in total. The molecule has 1 unspecified atom stereocenters. The fraction of sp³-hybridized carbons (Fsp3) is 0.158. The van der Waals surface area contributed by atoms with E-state index in [4.69, 9.17) is 14.3 Å². The van der Waals surface area contributed by atoms with Gasteiger partial charge in [-0.05, 0) is 36.4 Å². The maximum Gasteiger partial charge on any atom is 0.155 e. The van der Waals surface area contributed by atoms with Crippen molar-refractivity contribution in [3.05, 3.63) is 60.3 Å². The molecule has 0 aliphatic heterocycles. The first-order valence-electron chi connectivity index (χ1n) is 8.29. The van der Waals surface area contributed by atoms with Crippen LogP contribution in [0.1, 0.15) is 0 Å². The van der Waals surface area contributed by atoms with E-state index in [1.807, 2.05) is 28.8 Å². The van der Waals surface area contributed by atoms with Crippen LogP contribution in [0.4, 0.5) is 0 Å². The van der Waals surface area contributed by atoms with E-state index < -0.39 is 6.10 Å². The molecule has 0 aliphatic carbocycles. The number of benzene rings is 1. The summed E-state index contributed by atoms with van der Waals surface area (Å²) in [6.07, 6.45) is 2.61. The first-order valence-corrected chi connectivity index (χ1v) is 8.29. The molecule has 4 aromatic rings. The van der Waals surface area contributed by atoms with Crippen LogP contribution in [0.5, 0.6) is 5.75 Å². The van der Waals surface area contributed by atoms with Crippen LogP contribution in [-0.2, 0) is 0 Å². The number of rotatable bonds is 5. The Morgan fingerprint density at radius 1 is 1.22 bits per heavy atom. The SMILES string of the molecule is OCC(O)COc1ccc2oc(-c3cc4cccn4cn3)c/c(=N\O)c2c1. The zero-order valence-corrected chi connectivity index (χ0v) is 14.2. The number of aliphatic hydroxyl groups is 2. The molecule has 138 valence electrons. The second kappa shape index (κ2) is 7.10. The van der Waals surface area contributed by atoms with Crippen molar-refractivity contribution in [3.8, 4) is 17.2 Å². The van der Waals surface area contributed by atoms with Crippen LogP contribution in [0.2, 0.25) is 0 Å². The zero-order valence-electron chi connectivity index (χ0n) is 14.2. The molecule has 0 radical (unpaired) electrons. The highest BCUT2D eigenvalue weighted by molar-refractivity contribution is 5.80. The fourth-order valence-corrected chi connectivity index (χ4v) is 2.76. The van der Waals surface area contributed by atoms with Crippen molar-refractivity contribution < 1.29 is 24.6 Å². The lowest BCUT2D eigenvalue weighted by atomic mass is 10.2. The number of aromatic nitrogens is 2. The third kappa shape index (κ3) is 3.35. The van der Waals surface area contributed by atoms with Gasteiger partial charge in [0.1, 0.15) is 35.1 Å². The zero-order chi connectivity index (χ0) is 18.8. The highest BCUT2D eigenvalue weighted by Crippen LogP contribution is 2.24. The summed E-state index contributed by atoms with van der Waals surface area (Å²) < 4.78 is 13.2. The van der Waals surface area contributed by atoms with E-state index in [2.05, 4.69) is 10.1 Å². The van der Waals surface area contributed by atoms with E-state index in [9.17, 15) is 10.3 Å². The molecule has 3 aromatic heterocycles. The Hall–Kier alpha value is -3.36. The van der Waals surface area contributed by atoms with Gasteiger partial charge in [0.2, 0.25) is 0 Å². The molecule has 1 atom stereocenters. The molecule has 0 amide bonds. The minimum Gasteiger partial charge on any atom is -0.491 e. The van der Waals surface area contributed by atoms with Gasteiger partial charge >= 0.3 is 0 Å². The van der Waals surface area contributed by atoms with Crippen LogP contribution in [0, 0.1) is 0 Å². The van der Waals surface area contributed by atoms with Crippen molar-refractivity contribution in [2.45, 2.75) is 6.10 Å². The summed E-state index contributed by atoms with van der Waals surface area (Å²) in [5.41, 5.74) is 2.07. The number of hydrogen-bond donors (Lipinski definition) is 3. The van der Waals surface area contributed by atoms with Crippen molar-refractivity contribution >= 4 is 16.5 Å². The maximum atomic E-state index is 9.44. The van der Waals surface area contributed by atoms with E-state index >= 15 is 0 Å². The van der Waals surface area contributed by atoms with Crippen LogP contribution in [-0.4, -0.2) is 44.1 Å². The third-order valence-electron chi connectivity index (χ3n) is 4.15. The smallest absolute Gasteiger partial charge is 0.155 e. The topological polar surface area (TPSA) is 113 Å². The van der Waals surface area contributed by atoms with Crippen molar-refractivity contribution in [2.24, 2.45) is 5.16 Å². The van der Waals surface area contributed by atoms with Gasteiger partial charge in [0.15, 0.2) is 5.76 Å². The molecule has 0 saturated carbocycles. The summed E-state index contributed by atoms with van der Waals surface area (Å²) in [4.78, 5) is 4.38. The molecule has 8 heteroatoms. The average molecular weight is 367 g/mol. The van der Waals surface area contributed by atoms with Crippen LogP contribution in [0.15, 0.2) is 64.6 Å². The normalized spacial score (nSPS) is 13.3. The Morgan fingerprint density at radius 2 is 2.11 bits per heavy atom. The van der Waals surface area contributed by atoms with Crippen LogP contribution >= 0.6 is 0 Å². The van der Waals surface area contributed by atoms with Crippen LogP contribution in [0.25, 0.3) is 27.9 Å². The van der Waals surface area contributed by atoms with Crippen molar-refractivity contribution in [3.63, 3.8) is 0 Å². The van der Waals surface area contributed by atoms with Crippen molar-refractivity contribution in [1.29, 1.82) is 0 Å². The number of hydrogen-bond acceptors (Lipinski definition) is 7. The fourth-order valence-electron chi connectivity index (χ4n) is 2.76. The van der Waals surface area contributed by atoms with E-state index in [0.717, 1.165) is 5.52 Å². The molecule has 0 bridgehead atoms. The molecule has 0 saturated heterocycles. The minimum atomic E-state index is -0.968. The lowest BCUT2D eigenvalue weighted by Gasteiger charge is -2.10. The molecule has 0 aliphatic rings. The molecule has 1 aromatic carbocycles. The highest BCUT2D eigenvalue weighted by Gasteiger charge is 2.10. The van der Waals surface area contributed by atoms with Gasteiger partial charge in [-0.15, -0.1) is 0 Å². The van der Waals surface area contributed by atoms with E-state index in [0.29, 0.717) is 33.5 Å². The number of fused-ring (bicyclic) bond motifs is 2. The summed E-state index contributed by atoms with van der Waals surface area (Å²) in [5, 5.41) is 31.9. The van der Waals surface area contributed by atoms with Crippen LogP contribution < -0.4 is 10.1 Å². The van der Waals surface area contributed by atoms with Gasteiger partial charge in [-0.1, -0.05) is 5.16 Å². The molecule has 3 heterocycles. The Balaban J connectivity index is 1.76. The predicted molar refractivity (Wildman–Crippen MR) is 96.3 cm³/mol. The molecule has 0 spiro atoms. The number of ether oxygens (including phenoxy) is 1. The Kier molecular flexibility index (Phi) is 4.49. The molecule has 27 heavy (non-hydrogen) atoms. The highest BCUT2D eigenvalue weighted by atomic mass is 16.5. The number of nitrogens with zero attached hydrogens (tertiary/aromatic N) is 3. The first-order chi connectivity index (χ1) is 13.2. The maximum absolute atomic E-state index is 9.44. The Morgan fingerprint density at radius 3 is 2.93 bits per heavy atom. The van der Waals surface area contributed by atoms with Crippen molar-refractivity contribution in [1.82, 2.24) is 9.38 Å². The monoisotopic (exact) mass is 367 g/mol. The van der Waals surface area contributed by atoms with Gasteiger partial charge in [-0.25, -0.2) is 4.98 Å². The van der Waals surface area contributed by atoms with E-state index in [1.54, 1.807) is 30.6 Å². The lowest BCUT2D eigenvalue weighted by molar-refractivity contribution is 0.0536. The lowest BCUT2D eigenvalue weighted by Crippen LogP contribution is -2.21. The Bertz CT molecular complexity index is 1160. The summed E-state index contributed by atoms with van der Waals surface area (Å²) >= 11 is 0. The van der Waals surface area contributed by atoms with Gasteiger partial charge in [0.25, 0.3) is 0 Å². The second-order valence-electron chi connectivity index (χ2n) is 6.02. The molecule has 4 rings (SSSR count). The van der Waals surface area contributed by atoms with Gasteiger partial charge in [0.05, 0.1) is 18.3 Å². The standard InChI is InChI=1S/C19H17N3O5/c23-9-13(24)10-26-14-3-4-18-15(7-14)16(21-25)8-19(27-18)17-6-12-2-1-5-22(12)11-20-17/h1-8,11,13,23-25H,9-10H2/b21-16+. The minimum absolute atomic E-state index is 0.0515. The Labute approximate surface area is 153 Å². The molecular formula is C19H17N3O5. The van der Waals surface area contributed by atoms with Gasteiger partial charge < -0.3 is 29.0 Å². The summed E-state index contributed by atoms with van der Waals surface area (Å²) in [6, 6.07) is 12.3. The quantitative estimate of drug-likeness (QED) is 0.366. The van der Waals surface area contributed by atoms with Crippen LogP contribution in [0.3, 0.4) is 0 Å². The third-order valence-corrected chi connectivity index (χ3v) is 4.15. The second-order valence-corrected chi connectivity index (χ2v) is 6.02. The molecule has 3 N–H and O–H groups in total. The number of aliphatic hydroxyl groups excluding tert-OH is 2. The first kappa shape index (κ1) is 17.1. The molecule has 0 fully saturated rings. The summed E-state index contributed by atoms with van der Waals surface area (Å²) in [5.74, 6) is 0.916. The van der Waals surface area contributed by atoms with Gasteiger partial charge in [-0.3, -0.25) is 0 Å². The summed E-state index contributed by atoms with van der Waals surface area (Å²) in [7, 11) is 0.